The highest BCUT2D eigenvalue weighted by Gasteiger charge is 2.21. The number of amides is 1. The molecule has 0 bridgehead atoms. The van der Waals surface area contributed by atoms with Crippen LogP contribution in [0.5, 0.6) is 0 Å². The molecule has 2 unspecified atom stereocenters. The van der Waals surface area contributed by atoms with E-state index in [9.17, 15) is 14.7 Å². The number of carboxylic acids is 1. The summed E-state index contributed by atoms with van der Waals surface area (Å²) in [5.74, 6) is -1.19. The Kier molecular flexibility index (Phi) is 9.68. The van der Waals surface area contributed by atoms with Crippen LogP contribution in [-0.4, -0.2) is 42.5 Å². The monoisotopic (exact) mass is 401 g/mol. The van der Waals surface area contributed by atoms with E-state index in [-0.39, 0.29) is 19.3 Å². The van der Waals surface area contributed by atoms with Gasteiger partial charge in [0.15, 0.2) is 6.04 Å². The number of hydrogen-bond donors (Lipinski definition) is 2. The Labute approximate surface area is 170 Å². The number of ether oxygens (including phenoxy) is 3. The van der Waals surface area contributed by atoms with E-state index < -0.39 is 18.1 Å². The van der Waals surface area contributed by atoms with Crippen LogP contribution < -0.4 is 5.32 Å². The van der Waals surface area contributed by atoms with Crippen molar-refractivity contribution in [3.8, 4) is 0 Å². The minimum atomic E-state index is -1.19. The van der Waals surface area contributed by atoms with E-state index in [4.69, 9.17) is 14.2 Å². The zero-order valence-corrected chi connectivity index (χ0v) is 16.5. The number of nitrogens with one attached hydrogen (secondary N) is 1. The highest BCUT2D eigenvalue weighted by atomic mass is 16.5. The maximum absolute atomic E-state index is 11.8. The number of carboxylic acid groups (broad SMARTS) is 1. The zero-order chi connectivity index (χ0) is 20.9. The van der Waals surface area contributed by atoms with Crippen LogP contribution in [0.15, 0.2) is 60.7 Å². The van der Waals surface area contributed by atoms with Crippen LogP contribution in [-0.2, 0) is 32.2 Å². The second kappa shape index (κ2) is 12.5. The Balaban J connectivity index is 1.62. The molecule has 2 atom stereocenters. The molecule has 1 amide bonds. The van der Waals surface area contributed by atoms with Crippen molar-refractivity contribution < 1.29 is 28.9 Å². The molecule has 7 heteroatoms. The van der Waals surface area contributed by atoms with Crippen LogP contribution >= 0.6 is 0 Å². The first kappa shape index (κ1) is 22.4. The smallest absolute Gasteiger partial charge is 0.408 e. The summed E-state index contributed by atoms with van der Waals surface area (Å²) in [5, 5.41) is 11.6. The van der Waals surface area contributed by atoms with E-state index in [1.54, 1.807) is 0 Å². The lowest BCUT2D eigenvalue weighted by molar-refractivity contribution is -0.141. The highest BCUT2D eigenvalue weighted by Crippen LogP contribution is 2.06. The van der Waals surface area contributed by atoms with E-state index in [2.05, 4.69) is 5.32 Å². The molecule has 2 aromatic carbocycles. The summed E-state index contributed by atoms with van der Waals surface area (Å²) in [6.07, 6.45) is -0.232. The molecule has 0 saturated heterocycles. The number of benzene rings is 2. The molecule has 0 aliphatic rings. The largest absolute Gasteiger partial charge is 0.480 e. The topological polar surface area (TPSA) is 94.1 Å². The summed E-state index contributed by atoms with van der Waals surface area (Å²) in [5.41, 5.74) is 1.90. The van der Waals surface area contributed by atoms with Crippen LogP contribution in [0.1, 0.15) is 24.5 Å². The molecule has 2 rings (SSSR count). The predicted octanol–water partition coefficient (Wildman–Crippen LogP) is 3.38. The van der Waals surface area contributed by atoms with E-state index in [0.29, 0.717) is 19.6 Å². The van der Waals surface area contributed by atoms with Gasteiger partial charge in [0.1, 0.15) is 6.61 Å². The van der Waals surface area contributed by atoms with Gasteiger partial charge in [-0.05, 0) is 24.5 Å². The lowest BCUT2D eigenvalue weighted by Gasteiger charge is -2.16. The molecule has 0 spiro atoms. The standard InChI is InChI=1S/C22H27NO6/c1-17(28-14-18-8-4-2-5-9-18)12-13-27-16-20(21(24)25)23-22(26)29-15-19-10-6-3-7-11-19/h2-11,17,20H,12-16H2,1H3,(H,23,26)(H,24,25). The van der Waals surface area contributed by atoms with E-state index in [1.807, 2.05) is 67.6 Å². The maximum Gasteiger partial charge on any atom is 0.408 e. The van der Waals surface area contributed by atoms with Crippen molar-refractivity contribution in [2.45, 2.75) is 38.7 Å². The van der Waals surface area contributed by atoms with Crippen LogP contribution in [0.25, 0.3) is 0 Å². The summed E-state index contributed by atoms with van der Waals surface area (Å²) in [4.78, 5) is 23.1. The van der Waals surface area contributed by atoms with Gasteiger partial charge in [0, 0.05) is 6.61 Å². The van der Waals surface area contributed by atoms with Crippen molar-refractivity contribution in [1.29, 1.82) is 0 Å². The summed E-state index contributed by atoms with van der Waals surface area (Å²) in [6, 6.07) is 17.8. The summed E-state index contributed by atoms with van der Waals surface area (Å²) in [7, 11) is 0. The van der Waals surface area contributed by atoms with Gasteiger partial charge < -0.3 is 24.6 Å². The second-order valence-corrected chi connectivity index (χ2v) is 6.57. The van der Waals surface area contributed by atoms with Crippen molar-refractivity contribution in [2.24, 2.45) is 0 Å². The number of alkyl carbamates (subject to hydrolysis) is 1. The quantitative estimate of drug-likeness (QED) is 0.530. The van der Waals surface area contributed by atoms with Crippen molar-refractivity contribution in [3.63, 3.8) is 0 Å². The van der Waals surface area contributed by atoms with Crippen molar-refractivity contribution >= 4 is 12.1 Å². The van der Waals surface area contributed by atoms with Gasteiger partial charge in [0.25, 0.3) is 0 Å². The molecule has 0 heterocycles. The zero-order valence-electron chi connectivity index (χ0n) is 16.5. The molecule has 29 heavy (non-hydrogen) atoms. The number of carbonyl (C=O) groups is 2. The normalized spacial score (nSPS) is 12.7. The minimum absolute atomic E-state index is 0.0396. The Bertz CT molecular complexity index is 737. The van der Waals surface area contributed by atoms with E-state index >= 15 is 0 Å². The molecular formula is C22H27NO6. The first-order chi connectivity index (χ1) is 14.0. The maximum atomic E-state index is 11.8. The number of rotatable bonds is 12. The molecule has 0 aliphatic carbocycles. The molecule has 0 aromatic heterocycles. The van der Waals surface area contributed by atoms with Gasteiger partial charge in [-0.1, -0.05) is 60.7 Å². The van der Waals surface area contributed by atoms with Gasteiger partial charge in [0.05, 0.1) is 19.3 Å². The van der Waals surface area contributed by atoms with Gasteiger partial charge in [-0.3, -0.25) is 0 Å². The number of carbonyl (C=O) groups excluding carboxylic acids is 1. The fraction of sp³-hybridized carbons (Fsp3) is 0.364. The molecule has 0 aliphatic heterocycles. The van der Waals surface area contributed by atoms with Crippen molar-refractivity contribution in [1.82, 2.24) is 5.32 Å². The lowest BCUT2D eigenvalue weighted by atomic mass is 10.2. The third-order valence-electron chi connectivity index (χ3n) is 4.13. The van der Waals surface area contributed by atoms with Gasteiger partial charge in [-0.15, -0.1) is 0 Å². The Morgan fingerprint density at radius 1 is 0.966 bits per heavy atom. The van der Waals surface area contributed by atoms with Gasteiger partial charge >= 0.3 is 12.1 Å². The van der Waals surface area contributed by atoms with Crippen molar-refractivity contribution in [3.05, 3.63) is 71.8 Å². The first-order valence-electron chi connectivity index (χ1n) is 9.48. The van der Waals surface area contributed by atoms with E-state index in [1.165, 1.54) is 0 Å². The molecule has 156 valence electrons. The van der Waals surface area contributed by atoms with Gasteiger partial charge in [-0.2, -0.15) is 0 Å². The fourth-order valence-electron chi connectivity index (χ4n) is 2.43. The number of hydrogen-bond acceptors (Lipinski definition) is 5. The molecule has 0 fully saturated rings. The molecular weight excluding hydrogens is 374 g/mol. The highest BCUT2D eigenvalue weighted by molar-refractivity contribution is 5.80. The molecule has 0 saturated carbocycles. The predicted molar refractivity (Wildman–Crippen MR) is 107 cm³/mol. The molecule has 2 aromatic rings. The average Bonchev–Trinajstić information content (AvgIpc) is 2.74. The minimum Gasteiger partial charge on any atom is -0.480 e. The third kappa shape index (κ3) is 9.23. The van der Waals surface area contributed by atoms with Gasteiger partial charge in [-0.25, -0.2) is 9.59 Å². The third-order valence-corrected chi connectivity index (χ3v) is 4.13. The van der Waals surface area contributed by atoms with Crippen molar-refractivity contribution in [2.75, 3.05) is 13.2 Å². The van der Waals surface area contributed by atoms with Crippen LogP contribution in [0, 0.1) is 0 Å². The molecule has 2 N–H and O–H groups in total. The van der Waals surface area contributed by atoms with Crippen LogP contribution in [0.3, 0.4) is 0 Å². The molecule has 0 radical (unpaired) electrons. The van der Waals surface area contributed by atoms with Crippen LogP contribution in [0.4, 0.5) is 4.79 Å². The number of aliphatic carboxylic acids is 1. The summed E-state index contributed by atoms with van der Waals surface area (Å²) >= 11 is 0. The summed E-state index contributed by atoms with van der Waals surface area (Å²) < 4.78 is 16.2. The summed E-state index contributed by atoms with van der Waals surface area (Å²) in [6.45, 7) is 2.67. The Hall–Kier alpha value is -2.90. The van der Waals surface area contributed by atoms with E-state index in [0.717, 1.165) is 11.1 Å². The fourth-order valence-corrected chi connectivity index (χ4v) is 2.43. The second-order valence-electron chi connectivity index (χ2n) is 6.57. The molecule has 7 nitrogen and oxygen atoms in total. The first-order valence-corrected chi connectivity index (χ1v) is 9.48. The van der Waals surface area contributed by atoms with Gasteiger partial charge in [0.2, 0.25) is 0 Å². The average molecular weight is 401 g/mol. The van der Waals surface area contributed by atoms with Crippen LogP contribution in [0.2, 0.25) is 0 Å². The SMILES string of the molecule is CC(CCOCC(NC(=O)OCc1ccccc1)C(=O)O)OCc1ccccc1. The lowest BCUT2D eigenvalue weighted by Crippen LogP contribution is -2.44. The Morgan fingerprint density at radius 2 is 1.55 bits per heavy atom. The Morgan fingerprint density at radius 3 is 2.14 bits per heavy atom.